The molecule has 0 bridgehead atoms. The smallest absolute Gasteiger partial charge is 0.461 e. The molecule has 0 radical (unpaired) electrons. The summed E-state index contributed by atoms with van der Waals surface area (Å²) in [5.41, 5.74) is 0. The summed E-state index contributed by atoms with van der Waals surface area (Å²) >= 11 is 0. The second-order valence-electron chi connectivity index (χ2n) is 9.20. The van der Waals surface area contributed by atoms with E-state index in [1.165, 1.54) is 27.7 Å². The van der Waals surface area contributed by atoms with E-state index in [1.54, 1.807) is 0 Å². The first-order chi connectivity index (χ1) is 15.0. The van der Waals surface area contributed by atoms with Crippen LogP contribution in [0.2, 0.25) is 0 Å². The van der Waals surface area contributed by atoms with Crippen LogP contribution in [-0.4, -0.2) is 68.1 Å². The zero-order chi connectivity index (χ0) is 25.4. The molecule has 9 nitrogen and oxygen atoms in total. The molecular weight excluding hydrogens is 504 g/mol. The topological polar surface area (TPSA) is 132 Å². The predicted octanol–water partition coefficient (Wildman–Crippen LogP) is 2.57. The van der Waals surface area contributed by atoms with Crippen molar-refractivity contribution in [2.45, 2.75) is 112 Å². The highest BCUT2D eigenvalue weighted by Crippen LogP contribution is 2.40. The van der Waals surface area contributed by atoms with Crippen molar-refractivity contribution >= 4 is 35.7 Å². The summed E-state index contributed by atoms with van der Waals surface area (Å²) in [5, 5.41) is -1.35. The number of ether oxygens (including phenoxy) is 1. The maximum Gasteiger partial charge on any atom is 0.461 e. The number of sulfone groups is 2. The van der Waals surface area contributed by atoms with Gasteiger partial charge in [0.2, 0.25) is 0 Å². The van der Waals surface area contributed by atoms with E-state index in [0.29, 0.717) is 42.8 Å². The van der Waals surface area contributed by atoms with Crippen LogP contribution in [0.5, 0.6) is 0 Å². The number of nitrogens with zero attached hydrogens (tertiary/aromatic N) is 1. The molecular formula is C19H33F2NO8S3. The summed E-state index contributed by atoms with van der Waals surface area (Å²) in [6.45, 7) is 5.12. The van der Waals surface area contributed by atoms with Crippen molar-refractivity contribution in [3.05, 3.63) is 0 Å². The van der Waals surface area contributed by atoms with E-state index in [0.717, 1.165) is 0 Å². The van der Waals surface area contributed by atoms with E-state index >= 15 is 8.78 Å². The fourth-order valence-corrected chi connectivity index (χ4v) is 12.3. The van der Waals surface area contributed by atoms with Crippen molar-refractivity contribution in [3.63, 3.8) is 0 Å². The lowest BCUT2D eigenvalue weighted by molar-refractivity contribution is -0.146. The minimum absolute atomic E-state index is 0.00645. The summed E-state index contributed by atoms with van der Waals surface area (Å²) in [6, 6.07) is -2.10. The number of hydrogen-bond donors (Lipinski definition) is 0. The molecule has 2 aliphatic rings. The summed E-state index contributed by atoms with van der Waals surface area (Å²) in [4.78, 5) is 12.8. The Hall–Kier alpha value is -0.860. The molecule has 0 aromatic rings. The van der Waals surface area contributed by atoms with Crippen molar-refractivity contribution in [3.8, 4) is 0 Å². The Morgan fingerprint density at radius 3 is 1.70 bits per heavy atom. The largest absolute Gasteiger partial charge is 0.461 e. The third-order valence-corrected chi connectivity index (χ3v) is 14.6. The number of alkyl halides is 2. The predicted molar refractivity (Wildman–Crippen MR) is 118 cm³/mol. The average molecular weight is 538 g/mol. The zero-order valence-electron chi connectivity index (χ0n) is 19.2. The van der Waals surface area contributed by atoms with Gasteiger partial charge in [-0.05, 0) is 66.2 Å². The average Bonchev–Trinajstić information content (AvgIpc) is 3.33. The molecule has 0 spiro atoms. The standard InChI is InChI=1S/C19H33F2NO8S3/c1-13(2)22(14(3)4)33(28,29)19(20,21)32(26,27)18(17(23)30-15-9-5-6-10-15)31(24,25)16-11-7-8-12-16/h13-16,18H,5-12H2,1-4H3. The van der Waals surface area contributed by atoms with Crippen molar-refractivity contribution in [2.24, 2.45) is 0 Å². The summed E-state index contributed by atoms with van der Waals surface area (Å²) in [5.74, 6) is -1.86. The van der Waals surface area contributed by atoms with Crippen molar-refractivity contribution < 1.29 is 43.6 Å². The van der Waals surface area contributed by atoms with Gasteiger partial charge in [-0.3, -0.25) is 0 Å². The number of halogens is 2. The fourth-order valence-electron chi connectivity index (χ4n) is 4.60. The highest BCUT2D eigenvalue weighted by molar-refractivity contribution is 8.17. The Kier molecular flexibility index (Phi) is 8.61. The van der Waals surface area contributed by atoms with Gasteiger partial charge in [0.15, 0.2) is 9.84 Å². The van der Waals surface area contributed by atoms with E-state index in [2.05, 4.69) is 0 Å². The van der Waals surface area contributed by atoms with Gasteiger partial charge in [-0.15, -0.1) is 0 Å². The number of hydrogen-bond acceptors (Lipinski definition) is 8. The second kappa shape index (κ2) is 10.0. The minimum atomic E-state index is -6.43. The fraction of sp³-hybridized carbons (Fsp3) is 0.947. The molecule has 2 saturated carbocycles. The molecule has 0 N–H and O–H groups in total. The SMILES string of the molecule is CC(C)N(C(C)C)S(=O)(=O)C(F)(F)S(=O)(=O)C(C(=O)OC1CCCC1)S(=O)(=O)C1CCCC1. The highest BCUT2D eigenvalue weighted by atomic mass is 32.3. The van der Waals surface area contributed by atoms with Gasteiger partial charge < -0.3 is 4.74 Å². The molecule has 194 valence electrons. The van der Waals surface area contributed by atoms with Crippen LogP contribution in [0, 0.1) is 0 Å². The monoisotopic (exact) mass is 537 g/mol. The highest BCUT2D eigenvalue weighted by Gasteiger charge is 2.68. The van der Waals surface area contributed by atoms with Gasteiger partial charge in [0.1, 0.15) is 6.10 Å². The van der Waals surface area contributed by atoms with Crippen LogP contribution in [0.3, 0.4) is 0 Å². The Labute approximate surface area is 195 Å². The van der Waals surface area contributed by atoms with Gasteiger partial charge in [0, 0.05) is 12.1 Å². The van der Waals surface area contributed by atoms with Gasteiger partial charge in [-0.25, -0.2) is 30.0 Å². The first kappa shape index (κ1) is 28.4. The third kappa shape index (κ3) is 5.22. The van der Waals surface area contributed by atoms with Crippen LogP contribution < -0.4 is 0 Å². The van der Waals surface area contributed by atoms with Gasteiger partial charge in [0.05, 0.1) is 5.25 Å². The summed E-state index contributed by atoms with van der Waals surface area (Å²) in [6.07, 6.45) is 1.98. The Morgan fingerprint density at radius 1 is 0.848 bits per heavy atom. The van der Waals surface area contributed by atoms with Crippen LogP contribution in [0.15, 0.2) is 0 Å². The maximum absolute atomic E-state index is 15.4. The lowest BCUT2D eigenvalue weighted by atomic mass is 10.3. The molecule has 0 amide bonds. The van der Waals surface area contributed by atoms with E-state index < -0.39 is 68.3 Å². The molecule has 0 aromatic carbocycles. The van der Waals surface area contributed by atoms with Crippen molar-refractivity contribution in [2.75, 3.05) is 0 Å². The molecule has 2 rings (SSSR count). The van der Waals surface area contributed by atoms with Gasteiger partial charge in [-0.2, -0.15) is 13.1 Å². The normalized spacial score (nSPS) is 20.8. The lowest BCUT2D eigenvalue weighted by Crippen LogP contribution is -2.58. The number of sulfonamides is 1. The van der Waals surface area contributed by atoms with Crippen LogP contribution in [0.1, 0.15) is 79.1 Å². The van der Waals surface area contributed by atoms with Crippen molar-refractivity contribution in [1.82, 2.24) is 4.31 Å². The molecule has 1 atom stereocenters. The molecule has 0 heterocycles. The minimum Gasteiger partial charge on any atom is -0.461 e. The molecule has 2 aliphatic carbocycles. The first-order valence-corrected chi connectivity index (χ1v) is 15.7. The summed E-state index contributed by atoms with van der Waals surface area (Å²) in [7, 11) is -17.4. The van der Waals surface area contributed by atoms with Crippen LogP contribution in [-0.2, 0) is 39.2 Å². The Morgan fingerprint density at radius 2 is 1.27 bits per heavy atom. The number of rotatable bonds is 10. The number of carbonyl (C=O) groups excluding carboxylic acids is 1. The molecule has 0 aromatic heterocycles. The number of carbonyl (C=O) groups is 1. The third-order valence-electron chi connectivity index (χ3n) is 6.05. The van der Waals surface area contributed by atoms with Crippen LogP contribution in [0.25, 0.3) is 0 Å². The Bertz CT molecular complexity index is 1020. The quantitative estimate of drug-likeness (QED) is 0.389. The molecule has 14 heteroatoms. The van der Waals surface area contributed by atoms with Crippen molar-refractivity contribution in [1.29, 1.82) is 0 Å². The van der Waals surface area contributed by atoms with E-state index in [9.17, 15) is 30.0 Å². The van der Waals surface area contributed by atoms with E-state index in [-0.39, 0.29) is 12.8 Å². The molecule has 1 unspecified atom stereocenters. The van der Waals surface area contributed by atoms with Crippen LogP contribution in [0.4, 0.5) is 8.78 Å². The molecule has 0 saturated heterocycles. The Balaban J connectivity index is 2.63. The first-order valence-electron chi connectivity index (χ1n) is 11.1. The zero-order valence-corrected chi connectivity index (χ0v) is 21.7. The van der Waals surface area contributed by atoms with Crippen LogP contribution >= 0.6 is 0 Å². The van der Waals surface area contributed by atoms with Gasteiger partial charge in [-0.1, -0.05) is 12.8 Å². The van der Waals surface area contributed by atoms with Gasteiger partial charge in [0.25, 0.3) is 24.4 Å². The molecule has 2 fully saturated rings. The number of esters is 1. The van der Waals surface area contributed by atoms with Gasteiger partial charge >= 0.3 is 10.6 Å². The second-order valence-corrected chi connectivity index (χ2v) is 16.0. The lowest BCUT2D eigenvalue weighted by Gasteiger charge is -2.33. The van der Waals surface area contributed by atoms with E-state index in [4.69, 9.17) is 4.74 Å². The molecule has 0 aliphatic heterocycles. The summed E-state index contributed by atoms with van der Waals surface area (Å²) < 4.78 is 106. The maximum atomic E-state index is 15.4. The molecule has 33 heavy (non-hydrogen) atoms. The van der Waals surface area contributed by atoms with E-state index in [1.807, 2.05) is 0 Å².